The molecule has 0 saturated heterocycles. The van der Waals surface area contributed by atoms with Gasteiger partial charge >= 0.3 is 0 Å². The quantitative estimate of drug-likeness (QED) is 0.600. The minimum absolute atomic E-state index is 0.165. The van der Waals surface area contributed by atoms with E-state index in [2.05, 4.69) is 24.3 Å². The van der Waals surface area contributed by atoms with Crippen LogP contribution in [0.25, 0.3) is 5.57 Å². The van der Waals surface area contributed by atoms with Crippen LogP contribution in [0.3, 0.4) is 0 Å². The highest BCUT2D eigenvalue weighted by Crippen LogP contribution is 2.45. The Morgan fingerprint density at radius 2 is 1.73 bits per heavy atom. The summed E-state index contributed by atoms with van der Waals surface area (Å²) in [7, 11) is 0. The summed E-state index contributed by atoms with van der Waals surface area (Å²) < 4.78 is 0. The fourth-order valence-electron chi connectivity index (χ4n) is 2.67. The van der Waals surface area contributed by atoms with Crippen molar-refractivity contribution in [3.05, 3.63) is 41.0 Å². The molecule has 0 aromatic heterocycles. The normalized spacial score (nSPS) is 28.9. The summed E-state index contributed by atoms with van der Waals surface area (Å²) in [5, 5.41) is 0.362. The molecule has 15 heavy (non-hydrogen) atoms. The molecule has 1 aromatic rings. The van der Waals surface area contributed by atoms with Gasteiger partial charge in [0.25, 0.3) is 0 Å². The fraction of sp³-hybridized carbons (Fsp3) is 0.385. The molecule has 2 heteroatoms. The van der Waals surface area contributed by atoms with Crippen molar-refractivity contribution < 1.29 is 0 Å². The van der Waals surface area contributed by atoms with Crippen LogP contribution in [0.5, 0.6) is 0 Å². The molecule has 2 aliphatic carbocycles. The van der Waals surface area contributed by atoms with Crippen LogP contribution in [0.1, 0.15) is 24.0 Å². The van der Waals surface area contributed by atoms with Gasteiger partial charge in [-0.3, -0.25) is 0 Å². The van der Waals surface area contributed by atoms with E-state index < -0.39 is 0 Å². The van der Waals surface area contributed by atoms with Crippen LogP contribution in [-0.4, -0.2) is 10.8 Å². The predicted octanol–water partition coefficient (Wildman–Crippen LogP) is 4.00. The maximum atomic E-state index is 6.39. The highest BCUT2D eigenvalue weighted by atomic mass is 35.5. The summed E-state index contributed by atoms with van der Waals surface area (Å²) in [6, 6.07) is 8.52. The average molecular weight is 239 g/mol. The fourth-order valence-corrected chi connectivity index (χ4v) is 3.38. The van der Waals surface area contributed by atoms with Crippen LogP contribution in [0.2, 0.25) is 0 Å². The lowest BCUT2D eigenvalue weighted by molar-refractivity contribution is 0.722. The van der Waals surface area contributed by atoms with E-state index in [9.17, 15) is 0 Å². The lowest BCUT2D eigenvalue weighted by atomic mass is 9.91. The predicted molar refractivity (Wildman–Crippen MR) is 65.6 cm³/mol. The second-order valence-electron chi connectivity index (χ2n) is 4.29. The Morgan fingerprint density at radius 1 is 1.00 bits per heavy atom. The third-order valence-electron chi connectivity index (χ3n) is 3.40. The van der Waals surface area contributed by atoms with Gasteiger partial charge in [0.05, 0.1) is 10.8 Å². The maximum Gasteiger partial charge on any atom is 0.0592 e. The van der Waals surface area contributed by atoms with Crippen LogP contribution in [0.15, 0.2) is 29.8 Å². The van der Waals surface area contributed by atoms with Crippen molar-refractivity contribution in [1.29, 1.82) is 0 Å². The zero-order valence-corrected chi connectivity index (χ0v) is 9.85. The van der Waals surface area contributed by atoms with E-state index in [1.807, 2.05) is 0 Å². The Hall–Kier alpha value is -0.460. The molecule has 0 fully saturated rings. The molecular formula is C13H12Cl2. The summed E-state index contributed by atoms with van der Waals surface area (Å²) in [4.78, 5) is 0. The van der Waals surface area contributed by atoms with Gasteiger partial charge in [0.2, 0.25) is 0 Å². The number of benzene rings is 1. The number of hydrogen-bond acceptors (Lipinski definition) is 0. The highest BCUT2D eigenvalue weighted by molar-refractivity contribution is 6.29. The van der Waals surface area contributed by atoms with Crippen molar-refractivity contribution in [1.82, 2.24) is 0 Å². The maximum absolute atomic E-state index is 6.39. The Kier molecular flexibility index (Phi) is 2.30. The first-order valence-corrected chi connectivity index (χ1v) is 6.24. The first kappa shape index (κ1) is 9.74. The van der Waals surface area contributed by atoms with E-state index in [4.69, 9.17) is 23.2 Å². The van der Waals surface area contributed by atoms with Gasteiger partial charge in [0.1, 0.15) is 0 Å². The van der Waals surface area contributed by atoms with Crippen molar-refractivity contribution in [3.63, 3.8) is 0 Å². The largest absolute Gasteiger partial charge is 0.118 e. The summed E-state index contributed by atoms with van der Waals surface area (Å²) in [5.41, 5.74) is 5.40. The number of alkyl halides is 2. The van der Waals surface area contributed by atoms with Gasteiger partial charge in [-0.25, -0.2) is 0 Å². The molecule has 0 aliphatic heterocycles. The molecule has 0 heterocycles. The third kappa shape index (κ3) is 1.43. The number of hydrogen-bond donors (Lipinski definition) is 0. The molecule has 0 radical (unpaired) electrons. The summed E-state index contributed by atoms with van der Waals surface area (Å²) in [6.45, 7) is 0. The standard InChI is InChI=1S/C13H12Cl2/c14-11-5-6-12(15)13-9-4-2-1-3-8(9)7-10(11)13/h1-4,11-12H,5-7H2. The van der Waals surface area contributed by atoms with Gasteiger partial charge in [-0.1, -0.05) is 24.3 Å². The van der Waals surface area contributed by atoms with Gasteiger partial charge in [-0.2, -0.15) is 0 Å². The second kappa shape index (κ2) is 3.54. The Labute approximate surface area is 99.9 Å². The molecule has 3 rings (SSSR count). The van der Waals surface area contributed by atoms with Gasteiger partial charge in [0.15, 0.2) is 0 Å². The van der Waals surface area contributed by atoms with E-state index in [1.54, 1.807) is 0 Å². The number of halogens is 2. The summed E-state index contributed by atoms with van der Waals surface area (Å²) >= 11 is 12.8. The molecular weight excluding hydrogens is 227 g/mol. The molecule has 0 nitrogen and oxygen atoms in total. The zero-order valence-electron chi connectivity index (χ0n) is 8.34. The zero-order chi connectivity index (χ0) is 10.4. The smallest absolute Gasteiger partial charge is 0.0592 e. The monoisotopic (exact) mass is 238 g/mol. The Bertz CT molecular complexity index is 434. The first-order valence-electron chi connectivity index (χ1n) is 5.36. The molecule has 78 valence electrons. The van der Waals surface area contributed by atoms with Crippen molar-refractivity contribution in [2.24, 2.45) is 0 Å². The SMILES string of the molecule is ClC1CCC(Cl)C2=C1Cc1ccccc12. The lowest BCUT2D eigenvalue weighted by Crippen LogP contribution is -2.17. The van der Waals surface area contributed by atoms with E-state index >= 15 is 0 Å². The van der Waals surface area contributed by atoms with E-state index in [0.29, 0.717) is 0 Å². The number of rotatable bonds is 0. The Balaban J connectivity index is 2.15. The molecule has 0 bridgehead atoms. The van der Waals surface area contributed by atoms with Crippen molar-refractivity contribution in [2.45, 2.75) is 30.0 Å². The molecule has 2 aliphatic rings. The summed E-state index contributed by atoms with van der Waals surface area (Å²) in [6.07, 6.45) is 3.02. The van der Waals surface area contributed by atoms with Crippen LogP contribution >= 0.6 is 23.2 Å². The molecule has 2 atom stereocenters. The molecule has 0 spiro atoms. The second-order valence-corrected chi connectivity index (χ2v) is 5.34. The average Bonchev–Trinajstić information content (AvgIpc) is 2.64. The number of fused-ring (bicyclic) bond motifs is 2. The minimum Gasteiger partial charge on any atom is -0.118 e. The van der Waals surface area contributed by atoms with Crippen molar-refractivity contribution >= 4 is 28.8 Å². The van der Waals surface area contributed by atoms with E-state index in [1.165, 1.54) is 22.3 Å². The molecule has 0 saturated carbocycles. The van der Waals surface area contributed by atoms with Gasteiger partial charge in [-0.05, 0) is 41.5 Å². The van der Waals surface area contributed by atoms with Gasteiger partial charge in [0, 0.05) is 0 Å². The topological polar surface area (TPSA) is 0 Å². The lowest BCUT2D eigenvalue weighted by Gasteiger charge is -2.24. The first-order chi connectivity index (χ1) is 7.27. The number of allylic oxidation sites excluding steroid dienone is 2. The van der Waals surface area contributed by atoms with E-state index in [0.717, 1.165) is 19.3 Å². The van der Waals surface area contributed by atoms with Gasteiger partial charge < -0.3 is 0 Å². The van der Waals surface area contributed by atoms with Crippen LogP contribution in [-0.2, 0) is 6.42 Å². The molecule has 0 amide bonds. The molecule has 2 unspecified atom stereocenters. The highest BCUT2D eigenvalue weighted by Gasteiger charge is 2.33. The summed E-state index contributed by atoms with van der Waals surface area (Å²) in [5.74, 6) is 0. The van der Waals surface area contributed by atoms with E-state index in [-0.39, 0.29) is 10.8 Å². The molecule has 0 N–H and O–H groups in total. The Morgan fingerprint density at radius 3 is 2.60 bits per heavy atom. The van der Waals surface area contributed by atoms with Crippen LogP contribution in [0, 0.1) is 0 Å². The van der Waals surface area contributed by atoms with Crippen LogP contribution < -0.4 is 0 Å². The van der Waals surface area contributed by atoms with Crippen molar-refractivity contribution in [2.75, 3.05) is 0 Å². The van der Waals surface area contributed by atoms with Gasteiger partial charge in [-0.15, -0.1) is 23.2 Å². The van der Waals surface area contributed by atoms with Crippen LogP contribution in [0.4, 0.5) is 0 Å². The van der Waals surface area contributed by atoms with Crippen molar-refractivity contribution in [3.8, 4) is 0 Å². The molecule has 1 aromatic carbocycles. The third-order valence-corrected chi connectivity index (χ3v) is 4.32. The minimum atomic E-state index is 0.165.